The Bertz CT molecular complexity index is 629. The molecule has 25 heavy (non-hydrogen) atoms. The molecule has 136 valence electrons. The van der Waals surface area contributed by atoms with Gasteiger partial charge in [-0.2, -0.15) is 0 Å². The van der Waals surface area contributed by atoms with Crippen molar-refractivity contribution in [1.29, 1.82) is 0 Å². The molecule has 0 spiro atoms. The molecular weight excluding hydrogens is 326 g/mol. The van der Waals surface area contributed by atoms with Crippen molar-refractivity contribution < 1.29 is 14.5 Å². The zero-order valence-electron chi connectivity index (χ0n) is 14.2. The van der Waals surface area contributed by atoms with Gasteiger partial charge in [-0.05, 0) is 12.5 Å². The van der Waals surface area contributed by atoms with Gasteiger partial charge in [0, 0.05) is 50.5 Å². The molecular formula is C16H23N5O4. The van der Waals surface area contributed by atoms with Crippen molar-refractivity contribution in [2.24, 2.45) is 0 Å². The van der Waals surface area contributed by atoms with Gasteiger partial charge in [0.2, 0.25) is 5.91 Å². The Labute approximate surface area is 146 Å². The molecule has 1 fully saturated rings. The second-order valence-electron chi connectivity index (χ2n) is 5.85. The highest BCUT2D eigenvalue weighted by Crippen LogP contribution is 2.17. The van der Waals surface area contributed by atoms with Crippen LogP contribution in [0.5, 0.6) is 0 Å². The predicted molar refractivity (Wildman–Crippen MR) is 93.4 cm³/mol. The van der Waals surface area contributed by atoms with E-state index in [1.165, 1.54) is 18.2 Å². The van der Waals surface area contributed by atoms with E-state index in [-0.39, 0.29) is 17.6 Å². The molecule has 9 nitrogen and oxygen atoms in total. The summed E-state index contributed by atoms with van der Waals surface area (Å²) in [6.07, 6.45) is 0.900. The minimum atomic E-state index is -0.502. The molecule has 0 unspecified atom stereocenters. The number of nitro groups is 1. The largest absolute Gasteiger partial charge is 0.355 e. The van der Waals surface area contributed by atoms with Gasteiger partial charge in [0.05, 0.1) is 11.5 Å². The summed E-state index contributed by atoms with van der Waals surface area (Å²) in [5.41, 5.74) is 0.321. The Kier molecular flexibility index (Phi) is 6.70. The molecule has 2 N–H and O–H groups in total. The molecule has 0 aromatic heterocycles. The minimum absolute atomic E-state index is 0.00338. The van der Waals surface area contributed by atoms with E-state index in [1.54, 1.807) is 11.0 Å². The fraction of sp³-hybridized carbons (Fsp3) is 0.500. The van der Waals surface area contributed by atoms with Gasteiger partial charge in [-0.25, -0.2) is 4.79 Å². The van der Waals surface area contributed by atoms with Crippen LogP contribution in [0.15, 0.2) is 24.3 Å². The molecule has 1 saturated heterocycles. The summed E-state index contributed by atoms with van der Waals surface area (Å²) in [4.78, 5) is 37.9. The number of carbonyl (C=O) groups excluding carboxylic acids is 2. The average molecular weight is 349 g/mol. The van der Waals surface area contributed by atoms with Crippen LogP contribution in [-0.2, 0) is 4.79 Å². The van der Waals surface area contributed by atoms with Crippen molar-refractivity contribution in [3.8, 4) is 0 Å². The van der Waals surface area contributed by atoms with Crippen LogP contribution in [0.4, 0.5) is 16.2 Å². The predicted octanol–water partition coefficient (Wildman–Crippen LogP) is 1.27. The SMILES string of the molecule is CCCNC(=O)CN1CCN(C(=O)Nc2cccc([N+](=O)[O-])c2)CC1. The number of amides is 3. The molecule has 2 rings (SSSR count). The van der Waals surface area contributed by atoms with Crippen molar-refractivity contribution >= 4 is 23.3 Å². The number of rotatable bonds is 6. The summed E-state index contributed by atoms with van der Waals surface area (Å²) in [6.45, 7) is 5.23. The molecule has 1 heterocycles. The number of hydrogen-bond donors (Lipinski definition) is 2. The van der Waals surface area contributed by atoms with Crippen LogP contribution < -0.4 is 10.6 Å². The standard InChI is InChI=1S/C16H23N5O4/c1-2-6-17-15(22)12-19-7-9-20(10-8-19)16(23)18-13-4-3-5-14(11-13)21(24)25/h3-5,11H,2,6-10,12H2,1H3,(H,17,22)(H,18,23). The zero-order valence-corrected chi connectivity index (χ0v) is 14.2. The fourth-order valence-electron chi connectivity index (χ4n) is 2.53. The van der Waals surface area contributed by atoms with E-state index < -0.39 is 4.92 Å². The number of hydrogen-bond acceptors (Lipinski definition) is 5. The lowest BCUT2D eigenvalue weighted by molar-refractivity contribution is -0.384. The Morgan fingerprint density at radius 2 is 1.96 bits per heavy atom. The summed E-state index contributed by atoms with van der Waals surface area (Å²) < 4.78 is 0. The summed E-state index contributed by atoms with van der Waals surface area (Å²) in [5.74, 6) is -0.00338. The Hall–Kier alpha value is -2.68. The lowest BCUT2D eigenvalue weighted by Crippen LogP contribution is -2.52. The smallest absolute Gasteiger partial charge is 0.321 e. The van der Waals surface area contributed by atoms with Crippen LogP contribution in [0, 0.1) is 10.1 Å². The van der Waals surface area contributed by atoms with Gasteiger partial charge in [0.15, 0.2) is 0 Å². The van der Waals surface area contributed by atoms with Crippen molar-refractivity contribution in [2.45, 2.75) is 13.3 Å². The van der Waals surface area contributed by atoms with Crippen molar-refractivity contribution in [3.05, 3.63) is 34.4 Å². The molecule has 0 atom stereocenters. The van der Waals surface area contributed by atoms with E-state index in [0.29, 0.717) is 45.0 Å². The van der Waals surface area contributed by atoms with Gasteiger partial charge in [-0.3, -0.25) is 19.8 Å². The monoisotopic (exact) mass is 349 g/mol. The van der Waals surface area contributed by atoms with Crippen molar-refractivity contribution in [1.82, 2.24) is 15.1 Å². The van der Waals surface area contributed by atoms with E-state index in [0.717, 1.165) is 6.42 Å². The molecule has 0 aliphatic carbocycles. The first kappa shape index (κ1) is 18.7. The van der Waals surface area contributed by atoms with Crippen molar-refractivity contribution in [2.75, 3.05) is 44.6 Å². The highest BCUT2D eigenvalue weighted by atomic mass is 16.6. The number of urea groups is 1. The van der Waals surface area contributed by atoms with Crippen molar-refractivity contribution in [3.63, 3.8) is 0 Å². The molecule has 0 bridgehead atoms. The quantitative estimate of drug-likeness (QED) is 0.594. The maximum Gasteiger partial charge on any atom is 0.321 e. The topological polar surface area (TPSA) is 108 Å². The second kappa shape index (κ2) is 8.97. The summed E-state index contributed by atoms with van der Waals surface area (Å²) >= 11 is 0. The Balaban J connectivity index is 1.80. The van der Waals surface area contributed by atoms with Crippen LogP contribution in [0.3, 0.4) is 0 Å². The maximum absolute atomic E-state index is 12.3. The summed E-state index contributed by atoms with van der Waals surface area (Å²) in [6, 6.07) is 5.54. The number of piperazine rings is 1. The van der Waals surface area contributed by atoms with Gasteiger partial charge < -0.3 is 15.5 Å². The third-order valence-corrected chi connectivity index (χ3v) is 3.91. The first-order valence-corrected chi connectivity index (χ1v) is 8.29. The summed E-state index contributed by atoms with van der Waals surface area (Å²) in [5, 5.41) is 16.3. The highest BCUT2D eigenvalue weighted by molar-refractivity contribution is 5.89. The molecule has 3 amide bonds. The molecule has 1 aliphatic heterocycles. The van der Waals surface area contributed by atoms with Gasteiger partial charge in [0.25, 0.3) is 5.69 Å². The third kappa shape index (κ3) is 5.71. The zero-order chi connectivity index (χ0) is 18.2. The number of nitro benzene ring substituents is 1. The van der Waals surface area contributed by atoms with Gasteiger partial charge in [0.1, 0.15) is 0 Å². The number of anilines is 1. The number of non-ortho nitro benzene ring substituents is 1. The third-order valence-electron chi connectivity index (χ3n) is 3.91. The van der Waals surface area contributed by atoms with E-state index in [9.17, 15) is 19.7 Å². The molecule has 9 heteroatoms. The van der Waals surface area contributed by atoms with Gasteiger partial charge in [-0.1, -0.05) is 13.0 Å². The summed E-state index contributed by atoms with van der Waals surface area (Å²) in [7, 11) is 0. The lowest BCUT2D eigenvalue weighted by Gasteiger charge is -2.34. The Morgan fingerprint density at radius 3 is 2.60 bits per heavy atom. The molecule has 1 aromatic carbocycles. The van der Waals surface area contributed by atoms with Crippen LogP contribution in [0.25, 0.3) is 0 Å². The number of benzene rings is 1. The first-order chi connectivity index (χ1) is 12.0. The molecule has 1 aliphatic rings. The van der Waals surface area contributed by atoms with E-state index in [1.807, 2.05) is 11.8 Å². The number of nitrogens with one attached hydrogen (secondary N) is 2. The number of carbonyl (C=O) groups is 2. The minimum Gasteiger partial charge on any atom is -0.355 e. The normalized spacial score (nSPS) is 14.8. The lowest BCUT2D eigenvalue weighted by atomic mass is 10.3. The van der Waals surface area contributed by atoms with Crippen LogP contribution in [0.1, 0.15) is 13.3 Å². The van der Waals surface area contributed by atoms with Crippen LogP contribution in [0.2, 0.25) is 0 Å². The molecule has 0 radical (unpaired) electrons. The van der Waals surface area contributed by atoms with E-state index >= 15 is 0 Å². The van der Waals surface area contributed by atoms with Gasteiger partial charge in [-0.15, -0.1) is 0 Å². The average Bonchev–Trinajstić information content (AvgIpc) is 2.60. The van der Waals surface area contributed by atoms with Gasteiger partial charge >= 0.3 is 6.03 Å². The van der Waals surface area contributed by atoms with Crippen LogP contribution in [-0.4, -0.2) is 65.9 Å². The second-order valence-corrected chi connectivity index (χ2v) is 5.85. The first-order valence-electron chi connectivity index (χ1n) is 8.29. The molecule has 1 aromatic rings. The molecule has 0 saturated carbocycles. The van der Waals surface area contributed by atoms with Crippen LogP contribution >= 0.6 is 0 Å². The Morgan fingerprint density at radius 1 is 1.24 bits per heavy atom. The highest BCUT2D eigenvalue weighted by Gasteiger charge is 2.22. The van der Waals surface area contributed by atoms with E-state index in [2.05, 4.69) is 10.6 Å². The van der Waals surface area contributed by atoms with E-state index in [4.69, 9.17) is 0 Å². The maximum atomic E-state index is 12.3. The fourth-order valence-corrected chi connectivity index (χ4v) is 2.53. The number of nitrogens with zero attached hydrogens (tertiary/aromatic N) is 3.